The second kappa shape index (κ2) is 14.1. The number of anilines is 1. The van der Waals surface area contributed by atoms with E-state index in [1.165, 1.54) is 63.1 Å². The number of esters is 2. The van der Waals surface area contributed by atoms with Crippen molar-refractivity contribution >= 4 is 23.7 Å². The van der Waals surface area contributed by atoms with E-state index < -0.39 is 23.2 Å². The number of imidazole rings is 2. The standard InChI is InChI=1S/C17H22N4O5.C10H18N4/c1-12(22)26-14-13(16(24)25-2)18-17-20(10-11-21(17)15(14)23)9-8-19-6-4-3-5-7-19;11-10-12-4-7-14(10)9-8-13-5-2-1-3-6-13/h10-11H,3-9H2,1-2H3;4,7H,1-3,5-6,8-9H2,(H2,11,12). The van der Waals surface area contributed by atoms with Crippen molar-refractivity contribution in [3.8, 4) is 5.75 Å². The summed E-state index contributed by atoms with van der Waals surface area (Å²) in [7, 11) is 1.18. The zero-order valence-corrected chi connectivity index (χ0v) is 23.5. The normalized spacial score (nSPS) is 16.4. The molecule has 2 aliphatic heterocycles. The van der Waals surface area contributed by atoms with Gasteiger partial charge in [-0.2, -0.15) is 0 Å². The molecule has 0 radical (unpaired) electrons. The summed E-state index contributed by atoms with van der Waals surface area (Å²) in [4.78, 5) is 49.0. The van der Waals surface area contributed by atoms with Crippen LogP contribution >= 0.6 is 0 Å². The van der Waals surface area contributed by atoms with Gasteiger partial charge in [-0.15, -0.1) is 0 Å². The second-order valence-electron chi connectivity index (χ2n) is 10.1. The molecule has 5 heterocycles. The molecule has 218 valence electrons. The first-order valence-corrected chi connectivity index (χ1v) is 14.0. The molecule has 0 unspecified atom stereocenters. The van der Waals surface area contributed by atoms with Gasteiger partial charge in [-0.25, -0.2) is 19.2 Å². The van der Waals surface area contributed by atoms with E-state index in [-0.39, 0.29) is 5.69 Å². The monoisotopic (exact) mass is 556 g/mol. The van der Waals surface area contributed by atoms with Crippen LogP contribution in [-0.4, -0.2) is 91.6 Å². The summed E-state index contributed by atoms with van der Waals surface area (Å²) in [6, 6.07) is 0. The smallest absolute Gasteiger partial charge is 0.360 e. The predicted octanol–water partition coefficient (Wildman–Crippen LogP) is 1.65. The number of aromatic nitrogens is 5. The van der Waals surface area contributed by atoms with Crippen LogP contribution < -0.4 is 16.0 Å². The van der Waals surface area contributed by atoms with Crippen LogP contribution in [0.25, 0.3) is 5.78 Å². The zero-order valence-electron chi connectivity index (χ0n) is 23.5. The maximum Gasteiger partial charge on any atom is 0.360 e. The first-order chi connectivity index (χ1) is 19.4. The molecule has 0 amide bonds. The van der Waals surface area contributed by atoms with E-state index in [1.807, 2.05) is 10.8 Å². The van der Waals surface area contributed by atoms with Crippen molar-refractivity contribution < 1.29 is 19.1 Å². The van der Waals surface area contributed by atoms with E-state index in [0.29, 0.717) is 18.3 Å². The number of hydrogen-bond acceptors (Lipinski definition) is 10. The van der Waals surface area contributed by atoms with Crippen LogP contribution in [0.1, 0.15) is 55.9 Å². The lowest BCUT2D eigenvalue weighted by Crippen LogP contribution is -2.32. The molecule has 0 atom stereocenters. The van der Waals surface area contributed by atoms with Gasteiger partial charge in [-0.1, -0.05) is 12.8 Å². The topological polar surface area (TPSA) is 142 Å². The van der Waals surface area contributed by atoms with Gasteiger partial charge in [-0.05, 0) is 51.9 Å². The quantitative estimate of drug-likeness (QED) is 0.407. The Morgan fingerprint density at radius 1 is 0.875 bits per heavy atom. The van der Waals surface area contributed by atoms with Crippen molar-refractivity contribution in [2.24, 2.45) is 0 Å². The summed E-state index contributed by atoms with van der Waals surface area (Å²) >= 11 is 0. The van der Waals surface area contributed by atoms with Gasteiger partial charge in [0.1, 0.15) is 0 Å². The number of nitrogen functional groups attached to an aromatic ring is 1. The van der Waals surface area contributed by atoms with Crippen LogP contribution in [0, 0.1) is 0 Å². The molecule has 13 heteroatoms. The van der Waals surface area contributed by atoms with Crippen molar-refractivity contribution in [1.29, 1.82) is 0 Å². The number of carbonyl (C=O) groups is 2. The number of likely N-dealkylation sites (tertiary alicyclic amines) is 2. The highest BCUT2D eigenvalue weighted by atomic mass is 16.5. The lowest BCUT2D eigenvalue weighted by atomic mass is 10.1. The number of methoxy groups -OCH3 is 1. The van der Waals surface area contributed by atoms with Crippen molar-refractivity contribution in [2.45, 2.75) is 58.5 Å². The third-order valence-corrected chi connectivity index (χ3v) is 7.29. The van der Waals surface area contributed by atoms with Crippen LogP contribution in [0.4, 0.5) is 5.95 Å². The molecular formula is C27H40N8O5. The van der Waals surface area contributed by atoms with Gasteiger partial charge in [0.25, 0.3) is 0 Å². The highest BCUT2D eigenvalue weighted by Crippen LogP contribution is 2.16. The molecule has 3 aromatic rings. The van der Waals surface area contributed by atoms with E-state index in [1.54, 1.807) is 23.2 Å². The summed E-state index contributed by atoms with van der Waals surface area (Å²) in [6.07, 6.45) is 14.7. The molecule has 2 aliphatic rings. The minimum Gasteiger partial charge on any atom is -0.464 e. The molecule has 40 heavy (non-hydrogen) atoms. The molecule has 2 saturated heterocycles. The van der Waals surface area contributed by atoms with Crippen molar-refractivity contribution in [2.75, 3.05) is 52.1 Å². The number of carbonyl (C=O) groups excluding carboxylic acids is 2. The Balaban J connectivity index is 0.000000222. The number of piperidine rings is 2. The SMILES string of the molecule is COC(=O)c1nc2n(CCN3CCCCC3)ccn2c(=O)c1OC(C)=O.Nc1nccn1CCN1CCCCC1. The van der Waals surface area contributed by atoms with Gasteiger partial charge in [0, 0.05) is 57.9 Å². The average molecular weight is 557 g/mol. The molecular weight excluding hydrogens is 516 g/mol. The number of nitrogens with two attached hydrogens (primary N) is 1. The number of ether oxygens (including phenoxy) is 2. The molecule has 5 rings (SSSR count). The minimum atomic E-state index is -0.829. The highest BCUT2D eigenvalue weighted by Gasteiger charge is 2.24. The zero-order chi connectivity index (χ0) is 28.5. The van der Waals surface area contributed by atoms with Crippen LogP contribution in [0.5, 0.6) is 5.75 Å². The van der Waals surface area contributed by atoms with Crippen LogP contribution in [0.2, 0.25) is 0 Å². The minimum absolute atomic E-state index is 0.300. The van der Waals surface area contributed by atoms with Gasteiger partial charge >= 0.3 is 17.5 Å². The summed E-state index contributed by atoms with van der Waals surface area (Å²) in [6.45, 7) is 9.30. The molecule has 2 N–H and O–H groups in total. The van der Waals surface area contributed by atoms with Gasteiger partial charge in [0.05, 0.1) is 7.11 Å². The highest BCUT2D eigenvalue weighted by molar-refractivity contribution is 5.91. The lowest BCUT2D eigenvalue weighted by molar-refractivity contribution is -0.132. The van der Waals surface area contributed by atoms with Gasteiger partial charge in [0.15, 0.2) is 5.95 Å². The third kappa shape index (κ3) is 7.48. The molecule has 0 aromatic carbocycles. The summed E-state index contributed by atoms with van der Waals surface area (Å²) in [5.41, 5.74) is 4.77. The Bertz CT molecular complexity index is 1330. The average Bonchev–Trinajstić information content (AvgIpc) is 3.58. The van der Waals surface area contributed by atoms with E-state index in [9.17, 15) is 14.4 Å². The maximum atomic E-state index is 12.6. The molecule has 13 nitrogen and oxygen atoms in total. The Kier molecular flexibility index (Phi) is 10.3. The fourth-order valence-corrected chi connectivity index (χ4v) is 5.10. The molecule has 3 aromatic heterocycles. The summed E-state index contributed by atoms with van der Waals surface area (Å²) < 4.78 is 14.7. The van der Waals surface area contributed by atoms with Gasteiger partial charge in [-0.3, -0.25) is 9.59 Å². The van der Waals surface area contributed by atoms with E-state index in [2.05, 4.69) is 24.5 Å². The molecule has 0 spiro atoms. The predicted molar refractivity (Wildman–Crippen MR) is 149 cm³/mol. The van der Waals surface area contributed by atoms with Crippen LogP contribution in [-0.2, 0) is 22.6 Å². The number of fused-ring (bicyclic) bond motifs is 1. The summed E-state index contributed by atoms with van der Waals surface area (Å²) in [5, 5.41) is 0. The van der Waals surface area contributed by atoms with Crippen LogP contribution in [0.15, 0.2) is 29.6 Å². The van der Waals surface area contributed by atoms with E-state index >= 15 is 0 Å². The molecule has 0 aliphatic carbocycles. The third-order valence-electron chi connectivity index (χ3n) is 7.29. The Morgan fingerprint density at radius 2 is 1.48 bits per heavy atom. The number of nitrogens with zero attached hydrogens (tertiary/aromatic N) is 7. The molecule has 0 saturated carbocycles. The van der Waals surface area contributed by atoms with Gasteiger partial charge in [0.2, 0.25) is 17.2 Å². The van der Waals surface area contributed by atoms with Gasteiger partial charge < -0.3 is 34.1 Å². The number of hydrogen-bond donors (Lipinski definition) is 1. The lowest BCUT2D eigenvalue weighted by Gasteiger charge is -2.26. The molecule has 0 bridgehead atoms. The van der Waals surface area contributed by atoms with Crippen molar-refractivity contribution in [1.82, 2.24) is 33.3 Å². The maximum absolute atomic E-state index is 12.6. The summed E-state index contributed by atoms with van der Waals surface area (Å²) in [5.74, 6) is -1.02. The van der Waals surface area contributed by atoms with E-state index in [4.69, 9.17) is 10.5 Å². The second-order valence-corrected chi connectivity index (χ2v) is 10.1. The largest absolute Gasteiger partial charge is 0.464 e. The van der Waals surface area contributed by atoms with Crippen molar-refractivity contribution in [3.63, 3.8) is 0 Å². The van der Waals surface area contributed by atoms with Crippen molar-refractivity contribution in [3.05, 3.63) is 40.8 Å². The number of rotatable bonds is 8. The Labute approximate surface area is 233 Å². The Hall–Kier alpha value is -3.71. The molecule has 2 fully saturated rings. The first kappa shape index (κ1) is 29.3. The Morgan fingerprint density at radius 3 is 2.00 bits per heavy atom. The first-order valence-electron chi connectivity index (χ1n) is 14.0. The van der Waals surface area contributed by atoms with Crippen LogP contribution in [0.3, 0.4) is 0 Å². The van der Waals surface area contributed by atoms with E-state index in [0.717, 1.165) is 39.6 Å². The fourth-order valence-electron chi connectivity index (χ4n) is 5.10. The fraction of sp³-hybridized carbons (Fsp3) is 0.593.